The minimum atomic E-state index is 0.0371. The van der Waals surface area contributed by atoms with Gasteiger partial charge in [-0.2, -0.15) is 0 Å². The second-order valence-corrected chi connectivity index (χ2v) is 9.31. The van der Waals surface area contributed by atoms with Gasteiger partial charge in [-0.1, -0.05) is 30.3 Å². The van der Waals surface area contributed by atoms with Crippen LogP contribution in [0.5, 0.6) is 0 Å². The molecular weight excluding hydrogens is 364 g/mol. The predicted molar refractivity (Wildman–Crippen MR) is 113 cm³/mol. The Morgan fingerprint density at radius 3 is 2.69 bits per heavy atom. The van der Waals surface area contributed by atoms with Gasteiger partial charge < -0.3 is 15.1 Å². The lowest BCUT2D eigenvalue weighted by molar-refractivity contribution is -0.153. The van der Waals surface area contributed by atoms with Crippen LogP contribution in [0, 0.1) is 11.8 Å². The zero-order valence-corrected chi connectivity index (χ0v) is 17.7. The number of fused-ring (bicyclic) bond motifs is 4. The number of carbonyl (C=O) groups is 2. The minimum absolute atomic E-state index is 0.0371. The molecule has 2 bridgehead atoms. The number of likely N-dealkylation sites (tertiary alicyclic amines) is 1. The van der Waals surface area contributed by atoms with Crippen LogP contribution in [0.3, 0.4) is 0 Å². The summed E-state index contributed by atoms with van der Waals surface area (Å²) in [5.74, 6) is 1.31. The van der Waals surface area contributed by atoms with E-state index in [-0.39, 0.29) is 11.9 Å². The van der Waals surface area contributed by atoms with E-state index in [1.165, 1.54) is 12.0 Å². The van der Waals surface area contributed by atoms with Crippen LogP contribution in [0.2, 0.25) is 0 Å². The first-order valence-electron chi connectivity index (χ1n) is 11.0. The number of hydrogen-bond donors (Lipinski definition) is 1. The van der Waals surface area contributed by atoms with Crippen LogP contribution in [0.4, 0.5) is 0 Å². The number of nitrogens with zero attached hydrogens (tertiary/aromatic N) is 3. The monoisotopic (exact) mass is 398 g/mol. The summed E-state index contributed by atoms with van der Waals surface area (Å²) in [5, 5.41) is 3.11. The fraction of sp³-hybridized carbons (Fsp3) is 0.652. The summed E-state index contributed by atoms with van der Waals surface area (Å²) in [4.78, 5) is 31.7. The van der Waals surface area contributed by atoms with Gasteiger partial charge in [0.15, 0.2) is 0 Å². The van der Waals surface area contributed by atoms with Crippen LogP contribution >= 0.6 is 0 Å². The molecule has 0 unspecified atom stereocenters. The molecule has 4 rings (SSSR count). The molecule has 3 saturated heterocycles. The van der Waals surface area contributed by atoms with Gasteiger partial charge in [-0.05, 0) is 50.8 Å². The molecule has 6 heteroatoms. The highest BCUT2D eigenvalue weighted by Crippen LogP contribution is 2.41. The summed E-state index contributed by atoms with van der Waals surface area (Å²) < 4.78 is 0. The van der Waals surface area contributed by atoms with Gasteiger partial charge in [0.25, 0.3) is 0 Å². The van der Waals surface area contributed by atoms with Gasteiger partial charge in [0.2, 0.25) is 11.8 Å². The van der Waals surface area contributed by atoms with Gasteiger partial charge in [0, 0.05) is 38.6 Å². The molecule has 1 N–H and O–H groups in total. The maximum Gasteiger partial charge on any atom is 0.234 e. The van der Waals surface area contributed by atoms with E-state index in [1.54, 1.807) is 0 Å². The molecule has 6 nitrogen and oxygen atoms in total. The summed E-state index contributed by atoms with van der Waals surface area (Å²) in [7, 11) is 3.80. The lowest BCUT2D eigenvalue weighted by Gasteiger charge is -2.56. The zero-order valence-electron chi connectivity index (χ0n) is 17.7. The van der Waals surface area contributed by atoms with Gasteiger partial charge in [0.1, 0.15) is 0 Å². The first kappa shape index (κ1) is 20.4. The predicted octanol–water partition coefficient (Wildman–Crippen LogP) is 1.57. The molecule has 0 saturated carbocycles. The Morgan fingerprint density at radius 2 is 1.93 bits per heavy atom. The zero-order chi connectivity index (χ0) is 20.4. The summed E-state index contributed by atoms with van der Waals surface area (Å²) in [6.07, 6.45) is 3.93. The number of hydrogen-bond acceptors (Lipinski definition) is 4. The molecule has 1 aromatic carbocycles. The van der Waals surface area contributed by atoms with Crippen LogP contribution in [-0.2, 0) is 16.1 Å². The normalized spacial score (nSPS) is 29.6. The molecule has 29 heavy (non-hydrogen) atoms. The van der Waals surface area contributed by atoms with Crippen molar-refractivity contribution in [2.24, 2.45) is 11.8 Å². The molecule has 3 heterocycles. The van der Waals surface area contributed by atoms with Crippen molar-refractivity contribution in [3.05, 3.63) is 35.9 Å². The van der Waals surface area contributed by atoms with Crippen molar-refractivity contribution in [2.45, 2.75) is 44.3 Å². The first-order chi connectivity index (χ1) is 14.0. The number of amides is 2. The van der Waals surface area contributed by atoms with E-state index in [4.69, 9.17) is 0 Å². The molecule has 0 aromatic heterocycles. The second kappa shape index (κ2) is 8.84. The van der Waals surface area contributed by atoms with E-state index in [2.05, 4.69) is 45.4 Å². The maximum absolute atomic E-state index is 12.9. The summed E-state index contributed by atoms with van der Waals surface area (Å²) >= 11 is 0. The number of carbonyl (C=O) groups excluding carboxylic acids is 2. The largest absolute Gasteiger partial charge is 0.353 e. The minimum Gasteiger partial charge on any atom is -0.353 e. The van der Waals surface area contributed by atoms with Crippen molar-refractivity contribution in [3.63, 3.8) is 0 Å². The fourth-order valence-corrected chi connectivity index (χ4v) is 5.67. The number of piperidine rings is 3. The van der Waals surface area contributed by atoms with Gasteiger partial charge in [-0.25, -0.2) is 0 Å². The standard InChI is InChI=1S/C23H34N4O2/c1-25(2)16-22(28)24-12-21-19-11-18(20-9-6-10-23(29)27(20)21)14-26(15-19)13-17-7-4-3-5-8-17/h3-5,7-8,18-21H,6,9-16H2,1-2H3,(H,24,28)/t18-,19+,20+,21+/m1/s1. The third kappa shape index (κ3) is 4.64. The molecule has 0 radical (unpaired) electrons. The maximum atomic E-state index is 12.9. The quantitative estimate of drug-likeness (QED) is 0.790. The molecule has 0 aliphatic carbocycles. The number of rotatable bonds is 6. The summed E-state index contributed by atoms with van der Waals surface area (Å²) in [6.45, 7) is 3.99. The molecule has 2 amide bonds. The van der Waals surface area contributed by atoms with Crippen LogP contribution in [0.15, 0.2) is 30.3 Å². The van der Waals surface area contributed by atoms with Crippen molar-refractivity contribution in [1.29, 1.82) is 0 Å². The van der Waals surface area contributed by atoms with E-state index in [0.717, 1.165) is 32.5 Å². The highest BCUT2D eigenvalue weighted by molar-refractivity contribution is 5.79. The Kier molecular flexibility index (Phi) is 6.20. The van der Waals surface area contributed by atoms with E-state index < -0.39 is 0 Å². The fourth-order valence-electron chi connectivity index (χ4n) is 5.67. The molecule has 158 valence electrons. The van der Waals surface area contributed by atoms with Crippen LogP contribution in [0.1, 0.15) is 31.2 Å². The van der Waals surface area contributed by atoms with E-state index in [0.29, 0.717) is 43.3 Å². The highest BCUT2D eigenvalue weighted by atomic mass is 16.2. The Labute approximate surface area is 174 Å². The van der Waals surface area contributed by atoms with E-state index in [9.17, 15) is 9.59 Å². The van der Waals surface area contributed by atoms with Gasteiger partial charge in [0.05, 0.1) is 12.6 Å². The van der Waals surface area contributed by atoms with Crippen molar-refractivity contribution in [3.8, 4) is 0 Å². The van der Waals surface area contributed by atoms with E-state index >= 15 is 0 Å². The van der Waals surface area contributed by atoms with Crippen LogP contribution in [0.25, 0.3) is 0 Å². The molecule has 1 aromatic rings. The molecule has 3 fully saturated rings. The van der Waals surface area contributed by atoms with Crippen molar-refractivity contribution >= 4 is 11.8 Å². The summed E-state index contributed by atoms with van der Waals surface area (Å²) in [5.41, 5.74) is 1.35. The number of nitrogens with one attached hydrogen (secondary N) is 1. The Morgan fingerprint density at radius 1 is 1.17 bits per heavy atom. The lowest BCUT2D eigenvalue weighted by Crippen LogP contribution is -2.67. The Bertz CT molecular complexity index is 723. The average Bonchev–Trinajstić information content (AvgIpc) is 2.68. The van der Waals surface area contributed by atoms with Crippen molar-refractivity contribution in [1.82, 2.24) is 20.0 Å². The summed E-state index contributed by atoms with van der Waals surface area (Å²) in [6, 6.07) is 11.1. The Balaban J connectivity index is 1.49. The number of benzene rings is 1. The molecule has 4 atom stereocenters. The SMILES string of the molecule is CN(C)CC(=O)NC[C@H]1[C@H]2C[C@H](CN(Cc3ccccc3)C2)[C@@H]2CCCC(=O)N21. The third-order valence-electron chi connectivity index (χ3n) is 6.79. The van der Waals surface area contributed by atoms with Crippen molar-refractivity contribution < 1.29 is 9.59 Å². The molecular formula is C23H34N4O2. The van der Waals surface area contributed by atoms with Crippen LogP contribution in [-0.4, -0.2) is 78.9 Å². The highest BCUT2D eigenvalue weighted by Gasteiger charge is 2.49. The van der Waals surface area contributed by atoms with E-state index in [1.807, 2.05) is 19.0 Å². The third-order valence-corrected chi connectivity index (χ3v) is 6.79. The van der Waals surface area contributed by atoms with Gasteiger partial charge in [-0.15, -0.1) is 0 Å². The van der Waals surface area contributed by atoms with Crippen molar-refractivity contribution in [2.75, 3.05) is 40.3 Å². The smallest absolute Gasteiger partial charge is 0.234 e. The molecule has 0 spiro atoms. The van der Waals surface area contributed by atoms with Gasteiger partial charge in [-0.3, -0.25) is 14.5 Å². The van der Waals surface area contributed by atoms with Gasteiger partial charge >= 0.3 is 0 Å². The molecule has 3 aliphatic rings. The first-order valence-corrected chi connectivity index (χ1v) is 11.0. The Hall–Kier alpha value is -1.92. The topological polar surface area (TPSA) is 55.9 Å². The average molecular weight is 399 g/mol. The molecule has 3 aliphatic heterocycles. The lowest BCUT2D eigenvalue weighted by atomic mass is 9.72. The number of likely N-dealkylation sites (N-methyl/N-ethyl adjacent to an activating group) is 1. The van der Waals surface area contributed by atoms with Crippen LogP contribution < -0.4 is 5.32 Å². The second-order valence-electron chi connectivity index (χ2n) is 9.31.